The van der Waals surface area contributed by atoms with Crippen LogP contribution in [0.25, 0.3) is 0 Å². The molecule has 110 valence electrons. The van der Waals surface area contributed by atoms with Crippen molar-refractivity contribution in [3.8, 4) is 0 Å². The Balaban J connectivity index is 1.72. The second-order valence-electron chi connectivity index (χ2n) is 5.23. The van der Waals surface area contributed by atoms with Crippen LogP contribution in [-0.4, -0.2) is 46.3 Å². The Bertz CT molecular complexity index is 481. The maximum absolute atomic E-state index is 11.3. The monoisotopic (exact) mass is 297 g/mol. The van der Waals surface area contributed by atoms with Gasteiger partial charge in [0.15, 0.2) is 5.16 Å². The van der Waals surface area contributed by atoms with Gasteiger partial charge in [-0.3, -0.25) is 4.79 Å². The van der Waals surface area contributed by atoms with Gasteiger partial charge < -0.3 is 14.0 Å². The van der Waals surface area contributed by atoms with E-state index in [2.05, 4.69) is 19.5 Å². The molecule has 1 aromatic rings. The summed E-state index contributed by atoms with van der Waals surface area (Å²) in [6.45, 7) is 1.64. The quantitative estimate of drug-likeness (QED) is 0.587. The Labute approximate surface area is 122 Å². The molecule has 1 saturated heterocycles. The Morgan fingerprint density at radius 1 is 1.45 bits per heavy atom. The highest BCUT2D eigenvalue weighted by atomic mass is 32.2. The van der Waals surface area contributed by atoms with E-state index in [-0.39, 0.29) is 17.8 Å². The molecule has 1 aromatic heterocycles. The Morgan fingerprint density at radius 3 is 2.95 bits per heavy atom. The molecule has 0 amide bonds. The fourth-order valence-corrected chi connectivity index (χ4v) is 3.18. The first-order valence-electron chi connectivity index (χ1n) is 7.02. The average molecular weight is 297 g/mol. The van der Waals surface area contributed by atoms with Gasteiger partial charge in [0, 0.05) is 12.5 Å². The van der Waals surface area contributed by atoms with Gasteiger partial charge in [0.25, 0.3) is 0 Å². The number of esters is 1. The molecule has 7 heteroatoms. The van der Waals surface area contributed by atoms with Crippen LogP contribution in [0.2, 0.25) is 0 Å². The molecule has 2 aliphatic rings. The van der Waals surface area contributed by atoms with Gasteiger partial charge in [0.1, 0.15) is 5.82 Å². The highest BCUT2D eigenvalue weighted by Crippen LogP contribution is 2.40. The second-order valence-corrected chi connectivity index (χ2v) is 6.17. The zero-order chi connectivity index (χ0) is 13.9. The fraction of sp³-hybridized carbons (Fsp3) is 0.769. The van der Waals surface area contributed by atoms with Crippen LogP contribution < -0.4 is 0 Å². The number of carbonyl (C=O) groups is 1. The SMILES string of the molecule is COC(=O)CSc1nnc(C2CC2)n1CC1CCCO1. The van der Waals surface area contributed by atoms with E-state index in [0.717, 1.165) is 37.0 Å². The number of thioether (sulfide) groups is 1. The highest BCUT2D eigenvalue weighted by molar-refractivity contribution is 7.99. The van der Waals surface area contributed by atoms with Crippen LogP contribution in [0.3, 0.4) is 0 Å². The summed E-state index contributed by atoms with van der Waals surface area (Å²) >= 11 is 1.39. The number of hydrogen-bond donors (Lipinski definition) is 0. The van der Waals surface area contributed by atoms with Crippen molar-refractivity contribution in [3.05, 3.63) is 5.82 Å². The van der Waals surface area contributed by atoms with Gasteiger partial charge >= 0.3 is 5.97 Å². The van der Waals surface area contributed by atoms with E-state index in [0.29, 0.717) is 5.92 Å². The van der Waals surface area contributed by atoms with E-state index in [1.165, 1.54) is 31.7 Å². The van der Waals surface area contributed by atoms with E-state index in [1.54, 1.807) is 0 Å². The summed E-state index contributed by atoms with van der Waals surface area (Å²) in [5.74, 6) is 1.61. The van der Waals surface area contributed by atoms with Crippen LogP contribution in [0.1, 0.15) is 37.4 Å². The topological polar surface area (TPSA) is 66.2 Å². The number of methoxy groups -OCH3 is 1. The molecule has 20 heavy (non-hydrogen) atoms. The molecule has 6 nitrogen and oxygen atoms in total. The third-order valence-corrected chi connectivity index (χ3v) is 4.59. The van der Waals surface area contributed by atoms with Crippen molar-refractivity contribution < 1.29 is 14.3 Å². The van der Waals surface area contributed by atoms with Gasteiger partial charge in [-0.15, -0.1) is 10.2 Å². The van der Waals surface area contributed by atoms with Crippen molar-refractivity contribution in [1.82, 2.24) is 14.8 Å². The lowest BCUT2D eigenvalue weighted by Crippen LogP contribution is -2.18. The maximum atomic E-state index is 11.3. The van der Waals surface area contributed by atoms with E-state index < -0.39 is 0 Å². The molecule has 1 saturated carbocycles. The fourth-order valence-electron chi connectivity index (χ4n) is 2.40. The van der Waals surface area contributed by atoms with Gasteiger partial charge in [-0.1, -0.05) is 11.8 Å². The molecule has 2 heterocycles. The van der Waals surface area contributed by atoms with Crippen molar-refractivity contribution >= 4 is 17.7 Å². The molecule has 3 rings (SSSR count). The number of carbonyl (C=O) groups excluding carboxylic acids is 1. The van der Waals surface area contributed by atoms with Crippen LogP contribution >= 0.6 is 11.8 Å². The molecular weight excluding hydrogens is 278 g/mol. The van der Waals surface area contributed by atoms with E-state index >= 15 is 0 Å². The smallest absolute Gasteiger partial charge is 0.316 e. The third-order valence-electron chi connectivity index (χ3n) is 3.64. The van der Waals surface area contributed by atoms with Crippen molar-refractivity contribution in [2.45, 2.75) is 49.4 Å². The summed E-state index contributed by atoms with van der Waals surface area (Å²) < 4.78 is 12.5. The summed E-state index contributed by atoms with van der Waals surface area (Å²) in [5, 5.41) is 9.35. The predicted molar refractivity (Wildman–Crippen MR) is 73.7 cm³/mol. The highest BCUT2D eigenvalue weighted by Gasteiger charge is 2.31. The minimum absolute atomic E-state index is 0.241. The minimum atomic E-state index is -0.241. The second kappa shape index (κ2) is 6.13. The third kappa shape index (κ3) is 3.15. The predicted octanol–water partition coefficient (Wildman–Crippen LogP) is 1.60. The molecule has 1 aliphatic heterocycles. The summed E-state index contributed by atoms with van der Waals surface area (Å²) in [7, 11) is 1.40. The van der Waals surface area contributed by atoms with Crippen LogP contribution in [0.4, 0.5) is 0 Å². The van der Waals surface area contributed by atoms with E-state index in [9.17, 15) is 4.79 Å². The van der Waals surface area contributed by atoms with Gasteiger partial charge in [0.2, 0.25) is 0 Å². The van der Waals surface area contributed by atoms with E-state index in [4.69, 9.17) is 4.74 Å². The summed E-state index contributed by atoms with van der Waals surface area (Å²) in [6, 6.07) is 0. The van der Waals surface area contributed by atoms with Crippen LogP contribution in [0.5, 0.6) is 0 Å². The van der Waals surface area contributed by atoms with E-state index in [1.807, 2.05) is 0 Å². The molecule has 0 aromatic carbocycles. The lowest BCUT2D eigenvalue weighted by atomic mass is 10.2. The maximum Gasteiger partial charge on any atom is 0.316 e. The van der Waals surface area contributed by atoms with Gasteiger partial charge in [-0.2, -0.15) is 0 Å². The van der Waals surface area contributed by atoms with Crippen LogP contribution in [-0.2, 0) is 20.8 Å². The zero-order valence-corrected chi connectivity index (χ0v) is 12.4. The molecule has 2 fully saturated rings. The standard InChI is InChI=1S/C13H19N3O3S/c1-18-11(17)8-20-13-15-14-12(9-4-5-9)16(13)7-10-3-2-6-19-10/h9-10H,2-8H2,1H3. The Hall–Kier alpha value is -1.08. The van der Waals surface area contributed by atoms with Crippen LogP contribution in [0.15, 0.2) is 5.16 Å². The number of nitrogens with zero attached hydrogens (tertiary/aromatic N) is 3. The van der Waals surface area contributed by atoms with Gasteiger partial charge in [0.05, 0.1) is 25.5 Å². The normalized spacial score (nSPS) is 22.1. The van der Waals surface area contributed by atoms with Gasteiger partial charge in [-0.25, -0.2) is 0 Å². The number of hydrogen-bond acceptors (Lipinski definition) is 6. The average Bonchev–Trinajstić information content (AvgIpc) is 3.03. The van der Waals surface area contributed by atoms with Gasteiger partial charge in [-0.05, 0) is 25.7 Å². The first kappa shape index (κ1) is 13.9. The van der Waals surface area contributed by atoms with Crippen molar-refractivity contribution in [2.24, 2.45) is 0 Å². The lowest BCUT2D eigenvalue weighted by Gasteiger charge is -2.14. The zero-order valence-electron chi connectivity index (χ0n) is 11.6. The number of rotatable bonds is 6. The number of ether oxygens (including phenoxy) is 2. The molecule has 0 N–H and O–H groups in total. The minimum Gasteiger partial charge on any atom is -0.468 e. The molecule has 0 bridgehead atoms. The van der Waals surface area contributed by atoms with Crippen molar-refractivity contribution in [1.29, 1.82) is 0 Å². The molecule has 1 atom stereocenters. The largest absolute Gasteiger partial charge is 0.468 e. The molecule has 1 aliphatic carbocycles. The first-order valence-corrected chi connectivity index (χ1v) is 8.01. The first-order chi connectivity index (χ1) is 9.78. The summed E-state index contributed by atoms with van der Waals surface area (Å²) in [5.41, 5.74) is 0. The Kier molecular flexibility index (Phi) is 4.26. The molecule has 0 radical (unpaired) electrons. The summed E-state index contributed by atoms with van der Waals surface area (Å²) in [4.78, 5) is 11.3. The Morgan fingerprint density at radius 2 is 2.30 bits per heavy atom. The van der Waals surface area contributed by atoms with Crippen molar-refractivity contribution in [3.63, 3.8) is 0 Å². The molecule has 1 unspecified atom stereocenters. The number of aromatic nitrogens is 3. The lowest BCUT2D eigenvalue weighted by molar-refractivity contribution is -0.137. The summed E-state index contributed by atoms with van der Waals surface area (Å²) in [6.07, 6.45) is 4.83. The molecule has 0 spiro atoms. The van der Waals surface area contributed by atoms with Crippen LogP contribution in [0, 0.1) is 0 Å². The van der Waals surface area contributed by atoms with Crippen molar-refractivity contribution in [2.75, 3.05) is 19.5 Å². The molecular formula is C13H19N3O3S.